The van der Waals surface area contributed by atoms with E-state index in [-0.39, 0.29) is 25.7 Å². The summed E-state index contributed by atoms with van der Waals surface area (Å²) in [6.07, 6.45) is 55.4. The molecular weight excluding hydrogens is 1270 g/mol. The zero-order chi connectivity index (χ0) is 71.6. The third-order valence-electron chi connectivity index (χ3n) is 19.2. The van der Waals surface area contributed by atoms with Crippen LogP contribution in [0.2, 0.25) is 0 Å². The monoisotopic (exact) mass is 1420 g/mol. The van der Waals surface area contributed by atoms with Crippen molar-refractivity contribution in [2.75, 3.05) is 39.6 Å². The molecule has 0 aliphatic rings. The van der Waals surface area contributed by atoms with Crippen LogP contribution in [0.1, 0.15) is 402 Å². The minimum Gasteiger partial charge on any atom is -0.462 e. The van der Waals surface area contributed by atoms with Gasteiger partial charge in [0.15, 0.2) is 12.2 Å². The molecule has 19 heteroatoms. The van der Waals surface area contributed by atoms with Crippen molar-refractivity contribution in [3.8, 4) is 0 Å². The Bertz CT molecular complexity index is 1890. The summed E-state index contributed by atoms with van der Waals surface area (Å²) in [7, 11) is -9.91. The predicted molar refractivity (Wildman–Crippen MR) is 395 cm³/mol. The van der Waals surface area contributed by atoms with Crippen molar-refractivity contribution in [2.45, 2.75) is 420 Å². The highest BCUT2D eigenvalue weighted by molar-refractivity contribution is 7.47. The van der Waals surface area contributed by atoms with E-state index in [1.54, 1.807) is 0 Å². The Morgan fingerprint density at radius 1 is 0.289 bits per heavy atom. The molecular formula is C78H152O17P2. The van der Waals surface area contributed by atoms with Crippen LogP contribution in [0.4, 0.5) is 0 Å². The first-order chi connectivity index (χ1) is 46.8. The molecule has 0 aromatic heterocycles. The van der Waals surface area contributed by atoms with Gasteiger partial charge in [-0.15, -0.1) is 0 Å². The van der Waals surface area contributed by atoms with E-state index in [4.69, 9.17) is 37.0 Å². The van der Waals surface area contributed by atoms with E-state index < -0.39 is 97.5 Å². The summed E-state index contributed by atoms with van der Waals surface area (Å²) in [5.41, 5.74) is 0. The lowest BCUT2D eigenvalue weighted by molar-refractivity contribution is -0.161. The average Bonchev–Trinajstić information content (AvgIpc) is 1.11. The van der Waals surface area contributed by atoms with Crippen LogP contribution in [0, 0.1) is 17.8 Å². The maximum Gasteiger partial charge on any atom is 0.472 e. The zero-order valence-electron chi connectivity index (χ0n) is 63.5. The largest absolute Gasteiger partial charge is 0.472 e. The molecule has 17 nitrogen and oxygen atoms in total. The van der Waals surface area contributed by atoms with Crippen LogP contribution < -0.4 is 0 Å². The molecule has 0 fully saturated rings. The lowest BCUT2D eigenvalue weighted by Gasteiger charge is -2.21. The molecule has 576 valence electrons. The van der Waals surface area contributed by atoms with E-state index in [0.29, 0.717) is 25.7 Å². The first kappa shape index (κ1) is 95.1. The number of ether oxygens (including phenoxy) is 4. The summed E-state index contributed by atoms with van der Waals surface area (Å²) in [5, 5.41) is 10.6. The second-order valence-corrected chi connectivity index (χ2v) is 31.7. The Balaban J connectivity index is 5.20. The fourth-order valence-corrected chi connectivity index (χ4v) is 13.4. The van der Waals surface area contributed by atoms with Crippen molar-refractivity contribution in [3.63, 3.8) is 0 Å². The van der Waals surface area contributed by atoms with Gasteiger partial charge in [-0.05, 0) is 43.4 Å². The number of hydrogen-bond donors (Lipinski definition) is 3. The van der Waals surface area contributed by atoms with E-state index in [2.05, 4.69) is 48.5 Å². The lowest BCUT2D eigenvalue weighted by Crippen LogP contribution is -2.30. The van der Waals surface area contributed by atoms with Crippen LogP contribution in [0.25, 0.3) is 0 Å². The quantitative estimate of drug-likeness (QED) is 0.0222. The number of unbranched alkanes of at least 4 members (excludes halogenated alkanes) is 41. The van der Waals surface area contributed by atoms with Crippen molar-refractivity contribution < 1.29 is 80.2 Å². The molecule has 0 saturated heterocycles. The molecule has 5 unspecified atom stereocenters. The van der Waals surface area contributed by atoms with Gasteiger partial charge in [0.05, 0.1) is 26.4 Å². The normalized spacial score (nSPS) is 14.9. The second-order valence-electron chi connectivity index (χ2n) is 28.8. The van der Waals surface area contributed by atoms with Crippen molar-refractivity contribution in [1.82, 2.24) is 0 Å². The minimum absolute atomic E-state index is 0.106. The van der Waals surface area contributed by atoms with Crippen molar-refractivity contribution in [1.29, 1.82) is 0 Å². The highest BCUT2D eigenvalue weighted by atomic mass is 31.2. The molecule has 0 rings (SSSR count). The fourth-order valence-electron chi connectivity index (χ4n) is 11.9. The molecule has 3 N–H and O–H groups in total. The van der Waals surface area contributed by atoms with Gasteiger partial charge in [0.2, 0.25) is 0 Å². The number of aliphatic hydroxyl groups is 1. The minimum atomic E-state index is -4.96. The Hall–Kier alpha value is -1.94. The predicted octanol–water partition coefficient (Wildman–Crippen LogP) is 23.0. The highest BCUT2D eigenvalue weighted by Crippen LogP contribution is 2.45. The summed E-state index contributed by atoms with van der Waals surface area (Å²) in [4.78, 5) is 72.8. The number of phosphoric ester groups is 2. The third-order valence-corrected chi connectivity index (χ3v) is 21.1. The average molecular weight is 1420 g/mol. The van der Waals surface area contributed by atoms with Crippen molar-refractivity contribution >= 4 is 39.5 Å². The van der Waals surface area contributed by atoms with Gasteiger partial charge >= 0.3 is 39.5 Å². The van der Waals surface area contributed by atoms with Gasteiger partial charge in [0.25, 0.3) is 0 Å². The molecule has 0 spiro atoms. The summed E-state index contributed by atoms with van der Waals surface area (Å²) >= 11 is 0. The van der Waals surface area contributed by atoms with E-state index in [1.807, 2.05) is 0 Å². The van der Waals surface area contributed by atoms with E-state index in [9.17, 15) is 43.2 Å². The van der Waals surface area contributed by atoms with Crippen LogP contribution in [-0.4, -0.2) is 96.7 Å². The molecule has 0 aromatic rings. The summed E-state index contributed by atoms with van der Waals surface area (Å²) < 4.78 is 68.5. The van der Waals surface area contributed by atoms with Gasteiger partial charge in [0.1, 0.15) is 19.3 Å². The van der Waals surface area contributed by atoms with Crippen LogP contribution in [0.5, 0.6) is 0 Å². The second kappa shape index (κ2) is 68.5. The standard InChI is InChI=1S/C78H152O17P2/c1-8-12-13-14-35-45-52-59-75(80)88-65-73(94-78(83)62-55-48-41-34-28-27-31-38-44-51-58-71(7)11-4)67-92-96(84,85)90-63-72(79)64-91-97(86,87)93-68-74(95-77(82)61-54-47-40-33-26-22-18-16-20-24-30-37-43-50-57-70(6)10-3)66-89-76(81)60-53-46-39-32-25-21-17-15-19-23-29-36-42-49-56-69(5)9-2/h69-74,79H,8-68H2,1-7H3,(H,84,85)(H,86,87)/t69?,70?,71?,72-,73+,74+/m0/s1. The summed E-state index contributed by atoms with van der Waals surface area (Å²) in [5.74, 6) is 0.380. The van der Waals surface area contributed by atoms with Crippen LogP contribution in [-0.2, 0) is 65.4 Å². The van der Waals surface area contributed by atoms with Gasteiger partial charge in [-0.3, -0.25) is 37.3 Å². The van der Waals surface area contributed by atoms with Gasteiger partial charge in [0, 0.05) is 25.7 Å². The van der Waals surface area contributed by atoms with E-state index in [1.165, 1.54) is 199 Å². The van der Waals surface area contributed by atoms with Gasteiger partial charge < -0.3 is 33.8 Å². The SMILES string of the molecule is CCCCCCCCCC(=O)OC[C@H](COP(=O)(O)OC[C@H](O)COP(=O)(O)OC[C@@H](COC(=O)CCCCCCCCCCCCCCCCC(C)CC)OC(=O)CCCCCCCCCCCCCCCCC(C)CC)OC(=O)CCCCCCCCCCCCC(C)CC. The fraction of sp³-hybridized carbons (Fsp3) is 0.949. The molecule has 0 radical (unpaired) electrons. The Morgan fingerprint density at radius 3 is 0.732 bits per heavy atom. The van der Waals surface area contributed by atoms with Crippen molar-refractivity contribution in [3.05, 3.63) is 0 Å². The van der Waals surface area contributed by atoms with Gasteiger partial charge in [-0.1, -0.05) is 350 Å². The molecule has 97 heavy (non-hydrogen) atoms. The molecule has 0 aliphatic heterocycles. The number of aliphatic hydroxyl groups excluding tert-OH is 1. The molecule has 0 bridgehead atoms. The van der Waals surface area contributed by atoms with E-state index >= 15 is 0 Å². The maximum atomic E-state index is 13.1. The Morgan fingerprint density at radius 2 is 0.495 bits per heavy atom. The Kier molecular flexibility index (Phi) is 67.1. The lowest BCUT2D eigenvalue weighted by atomic mass is 9.99. The maximum absolute atomic E-state index is 13.1. The summed E-state index contributed by atoms with van der Waals surface area (Å²) in [6, 6.07) is 0. The van der Waals surface area contributed by atoms with Gasteiger partial charge in [-0.2, -0.15) is 0 Å². The number of carbonyl (C=O) groups excluding carboxylic acids is 4. The highest BCUT2D eigenvalue weighted by Gasteiger charge is 2.30. The number of phosphoric acid groups is 2. The number of esters is 4. The van der Waals surface area contributed by atoms with Crippen LogP contribution in [0.3, 0.4) is 0 Å². The van der Waals surface area contributed by atoms with Gasteiger partial charge in [-0.25, -0.2) is 9.13 Å². The topological polar surface area (TPSA) is 237 Å². The number of carbonyl (C=O) groups is 4. The molecule has 8 atom stereocenters. The van der Waals surface area contributed by atoms with Crippen LogP contribution in [0.15, 0.2) is 0 Å². The molecule has 0 aromatic carbocycles. The number of hydrogen-bond acceptors (Lipinski definition) is 15. The number of rotatable bonds is 76. The van der Waals surface area contributed by atoms with E-state index in [0.717, 1.165) is 120 Å². The Labute approximate surface area is 594 Å². The first-order valence-corrected chi connectivity index (χ1v) is 43.5. The first-order valence-electron chi connectivity index (χ1n) is 40.5. The molecule has 0 aliphatic carbocycles. The zero-order valence-corrected chi connectivity index (χ0v) is 65.3. The smallest absolute Gasteiger partial charge is 0.462 e. The molecule has 0 heterocycles. The molecule has 0 saturated carbocycles. The molecule has 0 amide bonds. The van der Waals surface area contributed by atoms with Crippen LogP contribution >= 0.6 is 15.6 Å². The van der Waals surface area contributed by atoms with Crippen molar-refractivity contribution in [2.24, 2.45) is 17.8 Å². The summed E-state index contributed by atoms with van der Waals surface area (Å²) in [6.45, 7) is 12.0. The third kappa shape index (κ3) is 68.3.